The minimum atomic E-state index is -4.10. The highest BCUT2D eigenvalue weighted by atomic mass is 19.4. The number of carbonyl (C=O) groups is 1. The Bertz CT molecular complexity index is 309. The summed E-state index contributed by atoms with van der Waals surface area (Å²) in [6, 6.07) is -0.524. The third kappa shape index (κ3) is 4.07. The zero-order valence-corrected chi connectivity index (χ0v) is 10.6. The summed E-state index contributed by atoms with van der Waals surface area (Å²) in [6.45, 7) is 1.53. The molecule has 2 aliphatic rings. The van der Waals surface area contributed by atoms with E-state index in [1.54, 1.807) is 0 Å². The van der Waals surface area contributed by atoms with Gasteiger partial charge in [0.15, 0.2) is 0 Å². The molecule has 0 aromatic heterocycles. The first-order valence-corrected chi connectivity index (χ1v) is 6.65. The molecule has 1 heterocycles. The molecule has 0 radical (unpaired) electrons. The lowest BCUT2D eigenvalue weighted by molar-refractivity contribution is -0.182. The van der Waals surface area contributed by atoms with E-state index in [4.69, 9.17) is 4.74 Å². The van der Waals surface area contributed by atoms with Crippen molar-refractivity contribution in [3.63, 3.8) is 0 Å². The topological polar surface area (TPSA) is 50.4 Å². The molecule has 1 saturated carbocycles. The molecule has 0 spiro atoms. The molecule has 1 unspecified atom stereocenters. The van der Waals surface area contributed by atoms with Crippen LogP contribution in [0, 0.1) is 5.92 Å². The van der Waals surface area contributed by atoms with Crippen LogP contribution in [0.1, 0.15) is 25.7 Å². The van der Waals surface area contributed by atoms with Gasteiger partial charge in [-0.3, -0.25) is 4.79 Å². The normalized spacial score (nSPS) is 32.9. The smallest absolute Gasteiger partial charge is 0.378 e. The molecule has 4 nitrogen and oxygen atoms in total. The molecule has 1 atom stereocenters. The number of rotatable bonds is 2. The number of carbonyl (C=O) groups excluding carboxylic acids is 1. The van der Waals surface area contributed by atoms with Crippen LogP contribution in [0.4, 0.5) is 13.2 Å². The van der Waals surface area contributed by atoms with Crippen molar-refractivity contribution in [2.24, 2.45) is 5.92 Å². The van der Waals surface area contributed by atoms with Gasteiger partial charge in [-0.05, 0) is 25.7 Å². The zero-order valence-electron chi connectivity index (χ0n) is 10.6. The fraction of sp³-hybridized carbons (Fsp3) is 0.917. The molecule has 2 N–H and O–H groups in total. The average Bonchev–Trinajstić information content (AvgIpc) is 2.39. The highest BCUT2D eigenvalue weighted by Crippen LogP contribution is 2.37. The minimum Gasteiger partial charge on any atom is -0.378 e. The van der Waals surface area contributed by atoms with E-state index in [1.165, 1.54) is 0 Å². The van der Waals surface area contributed by atoms with Gasteiger partial charge in [0.1, 0.15) is 6.04 Å². The SMILES string of the molecule is O=C(NC1CCC(C(F)(F)F)CC1)C1COCCN1. The Morgan fingerprint density at radius 2 is 1.89 bits per heavy atom. The summed E-state index contributed by atoms with van der Waals surface area (Å²) in [5.41, 5.74) is 0. The van der Waals surface area contributed by atoms with E-state index in [2.05, 4.69) is 10.6 Å². The van der Waals surface area contributed by atoms with Gasteiger partial charge in [-0.25, -0.2) is 0 Å². The third-order valence-electron chi connectivity index (χ3n) is 3.77. The molecule has 2 fully saturated rings. The molecule has 1 aliphatic carbocycles. The van der Waals surface area contributed by atoms with Gasteiger partial charge in [0.05, 0.1) is 19.1 Å². The number of nitrogens with one attached hydrogen (secondary N) is 2. The quantitative estimate of drug-likeness (QED) is 0.799. The fourth-order valence-corrected chi connectivity index (χ4v) is 2.60. The molecule has 7 heteroatoms. The van der Waals surface area contributed by atoms with Crippen LogP contribution in [-0.4, -0.2) is 43.9 Å². The Kier molecular flexibility index (Phi) is 4.67. The molecule has 0 aromatic carbocycles. The van der Waals surface area contributed by atoms with Gasteiger partial charge in [-0.15, -0.1) is 0 Å². The first-order valence-electron chi connectivity index (χ1n) is 6.65. The number of amides is 1. The first kappa shape index (κ1) is 14.6. The van der Waals surface area contributed by atoms with E-state index in [0.717, 1.165) is 0 Å². The van der Waals surface area contributed by atoms with Gasteiger partial charge in [0.25, 0.3) is 0 Å². The predicted octanol–water partition coefficient (Wildman–Crippen LogP) is 1.21. The van der Waals surface area contributed by atoms with Crippen molar-refractivity contribution in [3.8, 4) is 0 Å². The third-order valence-corrected chi connectivity index (χ3v) is 3.77. The number of morpholine rings is 1. The van der Waals surface area contributed by atoms with Crippen molar-refractivity contribution < 1.29 is 22.7 Å². The maximum absolute atomic E-state index is 12.5. The highest BCUT2D eigenvalue weighted by Gasteiger charge is 2.41. The van der Waals surface area contributed by atoms with E-state index < -0.39 is 12.1 Å². The molecular weight excluding hydrogens is 261 g/mol. The summed E-state index contributed by atoms with van der Waals surface area (Å²) in [5, 5.41) is 5.84. The number of halogens is 3. The van der Waals surface area contributed by atoms with Crippen LogP contribution in [0.5, 0.6) is 0 Å². The molecule has 0 aromatic rings. The number of alkyl halides is 3. The Hall–Kier alpha value is -0.820. The second-order valence-corrected chi connectivity index (χ2v) is 5.18. The van der Waals surface area contributed by atoms with Crippen molar-refractivity contribution in [2.75, 3.05) is 19.8 Å². The monoisotopic (exact) mass is 280 g/mol. The lowest BCUT2D eigenvalue weighted by Crippen LogP contribution is -2.53. The second-order valence-electron chi connectivity index (χ2n) is 5.18. The summed E-state index contributed by atoms with van der Waals surface area (Å²) in [6.07, 6.45) is -3.12. The fourth-order valence-electron chi connectivity index (χ4n) is 2.60. The van der Waals surface area contributed by atoms with Gasteiger partial charge >= 0.3 is 6.18 Å². The van der Waals surface area contributed by atoms with Crippen molar-refractivity contribution >= 4 is 5.91 Å². The average molecular weight is 280 g/mol. The number of ether oxygens (including phenoxy) is 1. The maximum atomic E-state index is 12.5. The van der Waals surface area contributed by atoms with E-state index in [0.29, 0.717) is 32.6 Å². The van der Waals surface area contributed by atoms with Crippen LogP contribution >= 0.6 is 0 Å². The van der Waals surface area contributed by atoms with Gasteiger partial charge in [0.2, 0.25) is 5.91 Å². The summed E-state index contributed by atoms with van der Waals surface area (Å²) in [4.78, 5) is 11.9. The van der Waals surface area contributed by atoms with Gasteiger partial charge in [-0.1, -0.05) is 0 Å². The number of hydrogen-bond acceptors (Lipinski definition) is 3. The van der Waals surface area contributed by atoms with Crippen LogP contribution in [0.25, 0.3) is 0 Å². The number of hydrogen-bond donors (Lipinski definition) is 2. The standard InChI is InChI=1S/C12H19F3N2O2/c13-12(14,15)8-1-3-9(4-2-8)17-11(18)10-7-19-6-5-16-10/h8-10,16H,1-7H2,(H,17,18). The maximum Gasteiger partial charge on any atom is 0.391 e. The zero-order chi connectivity index (χ0) is 13.9. The molecule has 1 saturated heterocycles. The second kappa shape index (κ2) is 6.09. The molecular formula is C12H19F3N2O2. The lowest BCUT2D eigenvalue weighted by atomic mass is 9.85. The minimum absolute atomic E-state index is 0.100. The van der Waals surface area contributed by atoms with E-state index >= 15 is 0 Å². The van der Waals surface area contributed by atoms with E-state index in [-0.39, 0.29) is 30.8 Å². The predicted molar refractivity (Wildman–Crippen MR) is 62.6 cm³/mol. The molecule has 19 heavy (non-hydrogen) atoms. The summed E-state index contributed by atoms with van der Waals surface area (Å²) in [5.74, 6) is -1.38. The van der Waals surface area contributed by atoms with Crippen LogP contribution in [0.3, 0.4) is 0 Å². The van der Waals surface area contributed by atoms with Gasteiger partial charge in [0, 0.05) is 12.6 Å². The molecule has 2 rings (SSSR count). The van der Waals surface area contributed by atoms with Crippen LogP contribution in [0.15, 0.2) is 0 Å². The van der Waals surface area contributed by atoms with Crippen LogP contribution < -0.4 is 10.6 Å². The molecule has 1 aliphatic heterocycles. The Morgan fingerprint density at radius 3 is 2.42 bits per heavy atom. The highest BCUT2D eigenvalue weighted by molar-refractivity contribution is 5.82. The lowest BCUT2D eigenvalue weighted by Gasteiger charge is -2.32. The van der Waals surface area contributed by atoms with Gasteiger partial charge in [-0.2, -0.15) is 13.2 Å². The van der Waals surface area contributed by atoms with Crippen molar-refractivity contribution in [1.29, 1.82) is 0 Å². The largest absolute Gasteiger partial charge is 0.391 e. The first-order chi connectivity index (χ1) is 8.97. The summed E-state index contributed by atoms with van der Waals surface area (Å²) in [7, 11) is 0. The Balaban J connectivity index is 1.74. The molecule has 110 valence electrons. The van der Waals surface area contributed by atoms with Crippen molar-refractivity contribution in [2.45, 2.75) is 43.9 Å². The Labute approximate surface area is 110 Å². The Morgan fingerprint density at radius 1 is 1.21 bits per heavy atom. The van der Waals surface area contributed by atoms with E-state index in [9.17, 15) is 18.0 Å². The summed E-state index contributed by atoms with van der Waals surface area (Å²) >= 11 is 0. The molecule has 1 amide bonds. The van der Waals surface area contributed by atoms with Crippen LogP contribution in [-0.2, 0) is 9.53 Å². The van der Waals surface area contributed by atoms with Crippen molar-refractivity contribution in [3.05, 3.63) is 0 Å². The van der Waals surface area contributed by atoms with E-state index in [1.807, 2.05) is 0 Å². The van der Waals surface area contributed by atoms with Crippen LogP contribution in [0.2, 0.25) is 0 Å². The van der Waals surface area contributed by atoms with Crippen molar-refractivity contribution in [1.82, 2.24) is 10.6 Å². The summed E-state index contributed by atoms with van der Waals surface area (Å²) < 4.78 is 42.7. The van der Waals surface area contributed by atoms with Gasteiger partial charge < -0.3 is 15.4 Å². The molecule has 0 bridgehead atoms.